The Kier molecular flexibility index (Phi) is 3.96. The molecule has 2 aromatic carbocycles. The molecule has 21 heavy (non-hydrogen) atoms. The van der Waals surface area contributed by atoms with E-state index in [0.29, 0.717) is 35.2 Å². The molecule has 0 bridgehead atoms. The summed E-state index contributed by atoms with van der Waals surface area (Å²) in [7, 11) is 0. The molecule has 0 fully saturated rings. The Bertz CT molecular complexity index is 710. The van der Waals surface area contributed by atoms with Crippen molar-refractivity contribution in [1.29, 1.82) is 5.26 Å². The summed E-state index contributed by atoms with van der Waals surface area (Å²) in [5.41, 5.74) is 2.77. The second-order valence-corrected chi connectivity index (χ2v) is 5.13. The molecule has 0 spiro atoms. The molecular weight excluding hydrogens is 288 g/mol. The van der Waals surface area contributed by atoms with Crippen LogP contribution in [0, 0.1) is 11.3 Å². The van der Waals surface area contributed by atoms with Gasteiger partial charge in [-0.3, -0.25) is 0 Å². The van der Waals surface area contributed by atoms with Crippen molar-refractivity contribution in [1.82, 2.24) is 5.32 Å². The minimum Gasteiger partial charge on any atom is -0.454 e. The Labute approximate surface area is 127 Å². The number of nitrogens with zero attached hydrogens (tertiary/aromatic N) is 1. The Hall–Kier alpha value is -2.22. The van der Waals surface area contributed by atoms with E-state index in [9.17, 15) is 0 Å². The summed E-state index contributed by atoms with van der Waals surface area (Å²) in [6.07, 6.45) is 0. The van der Waals surface area contributed by atoms with Gasteiger partial charge < -0.3 is 14.8 Å². The number of fused-ring (bicyclic) bond motifs is 1. The fraction of sp³-hybridized carbons (Fsp3) is 0.188. The molecule has 5 heteroatoms. The highest BCUT2D eigenvalue weighted by Gasteiger charge is 2.17. The van der Waals surface area contributed by atoms with Crippen molar-refractivity contribution in [2.24, 2.45) is 0 Å². The maximum atomic E-state index is 8.87. The smallest absolute Gasteiger partial charge is 0.231 e. The average molecular weight is 301 g/mol. The van der Waals surface area contributed by atoms with E-state index in [-0.39, 0.29) is 6.79 Å². The molecule has 0 saturated heterocycles. The fourth-order valence-corrected chi connectivity index (χ4v) is 2.51. The van der Waals surface area contributed by atoms with Gasteiger partial charge in [-0.2, -0.15) is 5.26 Å². The molecule has 106 valence electrons. The SMILES string of the molecule is N#Cc1cccc(CNCc2cc(Cl)c3c(c2)OCO3)c1. The van der Waals surface area contributed by atoms with Crippen LogP contribution in [0.5, 0.6) is 11.5 Å². The van der Waals surface area contributed by atoms with Crippen molar-refractivity contribution in [3.05, 3.63) is 58.1 Å². The second-order valence-electron chi connectivity index (χ2n) is 4.73. The molecule has 2 aromatic rings. The summed E-state index contributed by atoms with van der Waals surface area (Å²) < 4.78 is 10.6. The molecule has 1 aliphatic heterocycles. The van der Waals surface area contributed by atoms with Gasteiger partial charge in [0, 0.05) is 13.1 Å². The van der Waals surface area contributed by atoms with E-state index < -0.39 is 0 Å². The Morgan fingerprint density at radius 1 is 1.14 bits per heavy atom. The Morgan fingerprint density at radius 2 is 2.00 bits per heavy atom. The third kappa shape index (κ3) is 3.10. The summed E-state index contributed by atoms with van der Waals surface area (Å²) in [6, 6.07) is 13.5. The van der Waals surface area contributed by atoms with Crippen molar-refractivity contribution in [2.45, 2.75) is 13.1 Å². The summed E-state index contributed by atoms with van der Waals surface area (Å²) in [5.74, 6) is 1.30. The van der Waals surface area contributed by atoms with Gasteiger partial charge in [-0.05, 0) is 35.4 Å². The lowest BCUT2D eigenvalue weighted by Crippen LogP contribution is -2.12. The maximum Gasteiger partial charge on any atom is 0.231 e. The molecule has 4 nitrogen and oxygen atoms in total. The van der Waals surface area contributed by atoms with Gasteiger partial charge >= 0.3 is 0 Å². The van der Waals surface area contributed by atoms with E-state index in [1.807, 2.05) is 30.3 Å². The first-order valence-electron chi connectivity index (χ1n) is 6.54. The van der Waals surface area contributed by atoms with Gasteiger partial charge in [-0.25, -0.2) is 0 Å². The van der Waals surface area contributed by atoms with Crippen LogP contribution in [0.4, 0.5) is 0 Å². The van der Waals surface area contributed by atoms with Crippen LogP contribution in [0.1, 0.15) is 16.7 Å². The Morgan fingerprint density at radius 3 is 2.86 bits per heavy atom. The minimum atomic E-state index is 0.215. The lowest BCUT2D eigenvalue weighted by atomic mass is 10.1. The van der Waals surface area contributed by atoms with Gasteiger partial charge in [0.25, 0.3) is 0 Å². The molecule has 0 amide bonds. The van der Waals surface area contributed by atoms with Crippen LogP contribution in [-0.2, 0) is 13.1 Å². The topological polar surface area (TPSA) is 54.3 Å². The summed E-state index contributed by atoms with van der Waals surface area (Å²) in [5, 5.41) is 12.8. The normalized spacial score (nSPS) is 12.2. The summed E-state index contributed by atoms with van der Waals surface area (Å²) in [6.45, 7) is 1.56. The van der Waals surface area contributed by atoms with Gasteiger partial charge in [0.15, 0.2) is 11.5 Å². The van der Waals surface area contributed by atoms with Crippen LogP contribution >= 0.6 is 11.6 Å². The summed E-state index contributed by atoms with van der Waals surface area (Å²) >= 11 is 6.14. The predicted molar refractivity (Wildman–Crippen MR) is 79.3 cm³/mol. The molecule has 0 radical (unpaired) electrons. The average Bonchev–Trinajstić information content (AvgIpc) is 2.96. The molecule has 1 N–H and O–H groups in total. The van der Waals surface area contributed by atoms with Gasteiger partial charge in [-0.15, -0.1) is 0 Å². The first-order valence-corrected chi connectivity index (χ1v) is 6.92. The van der Waals surface area contributed by atoms with Crippen LogP contribution in [0.2, 0.25) is 5.02 Å². The number of nitrogens with one attached hydrogen (secondary N) is 1. The van der Waals surface area contributed by atoms with Crippen LogP contribution in [0.3, 0.4) is 0 Å². The quantitative estimate of drug-likeness (QED) is 0.942. The molecule has 0 saturated carbocycles. The Balaban J connectivity index is 1.63. The third-order valence-electron chi connectivity index (χ3n) is 3.20. The van der Waals surface area contributed by atoms with E-state index in [2.05, 4.69) is 11.4 Å². The zero-order valence-electron chi connectivity index (χ0n) is 11.2. The number of nitriles is 1. The zero-order valence-corrected chi connectivity index (χ0v) is 12.0. The highest BCUT2D eigenvalue weighted by Crippen LogP contribution is 2.39. The summed E-state index contributed by atoms with van der Waals surface area (Å²) in [4.78, 5) is 0. The monoisotopic (exact) mass is 300 g/mol. The van der Waals surface area contributed by atoms with Crippen LogP contribution < -0.4 is 14.8 Å². The standard InChI is InChI=1S/C16H13ClN2O2/c17-14-5-13(6-15-16(14)21-10-20-15)9-19-8-12-3-1-2-11(4-12)7-18/h1-6,19H,8-10H2. The van der Waals surface area contributed by atoms with Crippen molar-refractivity contribution >= 4 is 11.6 Å². The molecule has 1 aliphatic rings. The molecule has 3 rings (SSSR count). The maximum absolute atomic E-state index is 8.87. The van der Waals surface area contributed by atoms with E-state index in [1.165, 1.54) is 0 Å². The first-order chi connectivity index (χ1) is 10.3. The van der Waals surface area contributed by atoms with E-state index in [1.54, 1.807) is 6.07 Å². The third-order valence-corrected chi connectivity index (χ3v) is 3.48. The lowest BCUT2D eigenvalue weighted by Gasteiger charge is -2.07. The highest BCUT2D eigenvalue weighted by molar-refractivity contribution is 6.32. The van der Waals surface area contributed by atoms with Crippen molar-refractivity contribution in [3.63, 3.8) is 0 Å². The molecule has 1 heterocycles. The first kappa shape index (κ1) is 13.7. The number of hydrogen-bond acceptors (Lipinski definition) is 4. The van der Waals surface area contributed by atoms with E-state index >= 15 is 0 Å². The molecule has 0 atom stereocenters. The van der Waals surface area contributed by atoms with Crippen molar-refractivity contribution in [3.8, 4) is 17.6 Å². The van der Waals surface area contributed by atoms with Crippen molar-refractivity contribution < 1.29 is 9.47 Å². The van der Waals surface area contributed by atoms with Gasteiger partial charge in [-0.1, -0.05) is 23.7 Å². The number of rotatable bonds is 4. The number of ether oxygens (including phenoxy) is 2. The molecular formula is C16H13ClN2O2. The number of benzene rings is 2. The predicted octanol–water partition coefficient (Wildman–Crippen LogP) is 3.23. The van der Waals surface area contributed by atoms with Crippen LogP contribution in [0.15, 0.2) is 36.4 Å². The van der Waals surface area contributed by atoms with Crippen LogP contribution in [0.25, 0.3) is 0 Å². The number of halogens is 1. The molecule has 0 aromatic heterocycles. The van der Waals surface area contributed by atoms with Crippen molar-refractivity contribution in [2.75, 3.05) is 6.79 Å². The fourth-order valence-electron chi connectivity index (χ4n) is 2.22. The second kappa shape index (κ2) is 6.04. The van der Waals surface area contributed by atoms with E-state index in [4.69, 9.17) is 26.3 Å². The molecule has 0 unspecified atom stereocenters. The highest BCUT2D eigenvalue weighted by atomic mass is 35.5. The van der Waals surface area contributed by atoms with Gasteiger partial charge in [0.05, 0.1) is 16.7 Å². The zero-order chi connectivity index (χ0) is 14.7. The largest absolute Gasteiger partial charge is 0.454 e. The minimum absolute atomic E-state index is 0.215. The number of hydrogen-bond donors (Lipinski definition) is 1. The van der Waals surface area contributed by atoms with Crippen LogP contribution in [-0.4, -0.2) is 6.79 Å². The van der Waals surface area contributed by atoms with Gasteiger partial charge in [0.2, 0.25) is 6.79 Å². The van der Waals surface area contributed by atoms with Gasteiger partial charge in [0.1, 0.15) is 0 Å². The van der Waals surface area contributed by atoms with E-state index in [0.717, 1.165) is 11.1 Å². The lowest BCUT2D eigenvalue weighted by molar-refractivity contribution is 0.174. The molecule has 0 aliphatic carbocycles.